The van der Waals surface area contributed by atoms with Crippen LogP contribution in [0.4, 0.5) is 0 Å². The van der Waals surface area contributed by atoms with Crippen molar-refractivity contribution in [3.8, 4) is 0 Å². The second-order valence-electron chi connectivity index (χ2n) is 5.60. The van der Waals surface area contributed by atoms with Gasteiger partial charge in [-0.15, -0.1) is 0 Å². The van der Waals surface area contributed by atoms with Gasteiger partial charge in [0.1, 0.15) is 0 Å². The molecule has 0 bridgehead atoms. The van der Waals surface area contributed by atoms with Crippen molar-refractivity contribution in [1.82, 2.24) is 5.32 Å². The topological polar surface area (TPSA) is 12.0 Å². The van der Waals surface area contributed by atoms with Crippen molar-refractivity contribution in [3.63, 3.8) is 0 Å². The lowest BCUT2D eigenvalue weighted by molar-refractivity contribution is 0.670. The molecule has 1 N–H and O–H groups in total. The fraction of sp³-hybridized carbons (Fsp3) is 0.333. The van der Waals surface area contributed by atoms with Gasteiger partial charge in [0.05, 0.1) is 0 Å². The zero-order chi connectivity index (χ0) is 13.2. The van der Waals surface area contributed by atoms with Gasteiger partial charge in [0.25, 0.3) is 0 Å². The molecule has 0 aliphatic heterocycles. The average molecular weight is 251 g/mol. The molecule has 0 aromatic heterocycles. The van der Waals surface area contributed by atoms with Crippen molar-refractivity contribution < 1.29 is 0 Å². The van der Waals surface area contributed by atoms with Crippen LogP contribution in [0.5, 0.6) is 0 Å². The minimum Gasteiger partial charge on any atom is -0.309 e. The van der Waals surface area contributed by atoms with E-state index >= 15 is 0 Å². The van der Waals surface area contributed by atoms with Crippen molar-refractivity contribution in [1.29, 1.82) is 0 Å². The normalized spacial score (nSPS) is 21.4. The van der Waals surface area contributed by atoms with Crippen molar-refractivity contribution >= 4 is 0 Å². The molecule has 0 radical (unpaired) electrons. The first-order valence-corrected chi connectivity index (χ1v) is 7.09. The fourth-order valence-electron chi connectivity index (χ4n) is 2.73. The third-order valence-electron chi connectivity index (χ3n) is 4.29. The summed E-state index contributed by atoms with van der Waals surface area (Å²) in [5, 5.41) is 3.69. The Balaban J connectivity index is 1.59. The summed E-state index contributed by atoms with van der Waals surface area (Å²) in [6, 6.07) is 18.1. The number of hydrogen-bond acceptors (Lipinski definition) is 1. The van der Waals surface area contributed by atoms with Crippen LogP contribution >= 0.6 is 0 Å². The Morgan fingerprint density at radius 3 is 2.58 bits per heavy atom. The standard InChI is InChI=1S/C18H21N/c1-13-7-6-10-16(14(13)2)12-19-18-11-17(18)15-8-4-3-5-9-15/h3-10,17-19H,11-12H2,1-2H3. The summed E-state index contributed by atoms with van der Waals surface area (Å²) >= 11 is 0. The largest absolute Gasteiger partial charge is 0.309 e. The molecule has 0 amide bonds. The lowest BCUT2D eigenvalue weighted by Crippen LogP contribution is -2.18. The number of rotatable bonds is 4. The van der Waals surface area contributed by atoms with E-state index in [1.54, 1.807) is 0 Å². The van der Waals surface area contributed by atoms with Gasteiger partial charge in [-0.1, -0.05) is 48.5 Å². The van der Waals surface area contributed by atoms with Gasteiger partial charge in [0.15, 0.2) is 0 Å². The van der Waals surface area contributed by atoms with Crippen LogP contribution in [0.15, 0.2) is 48.5 Å². The molecular weight excluding hydrogens is 230 g/mol. The summed E-state index contributed by atoms with van der Waals surface area (Å²) in [6.07, 6.45) is 1.27. The summed E-state index contributed by atoms with van der Waals surface area (Å²) in [5.41, 5.74) is 5.71. The van der Waals surface area contributed by atoms with Gasteiger partial charge in [0, 0.05) is 18.5 Å². The highest BCUT2D eigenvalue weighted by atomic mass is 15.0. The molecule has 0 spiro atoms. The molecule has 0 saturated heterocycles. The van der Waals surface area contributed by atoms with E-state index in [-0.39, 0.29) is 0 Å². The van der Waals surface area contributed by atoms with Crippen molar-refractivity contribution in [2.24, 2.45) is 0 Å². The van der Waals surface area contributed by atoms with Crippen LogP contribution in [0.1, 0.15) is 34.6 Å². The number of nitrogens with one attached hydrogen (secondary N) is 1. The van der Waals surface area contributed by atoms with Crippen LogP contribution in [0.3, 0.4) is 0 Å². The predicted octanol–water partition coefficient (Wildman–Crippen LogP) is 3.95. The predicted molar refractivity (Wildman–Crippen MR) is 80.3 cm³/mol. The molecule has 0 heterocycles. The van der Waals surface area contributed by atoms with Gasteiger partial charge in [-0.3, -0.25) is 0 Å². The van der Waals surface area contributed by atoms with Crippen LogP contribution < -0.4 is 5.32 Å². The maximum absolute atomic E-state index is 3.69. The number of hydrogen-bond donors (Lipinski definition) is 1. The molecule has 1 nitrogen and oxygen atoms in total. The zero-order valence-corrected chi connectivity index (χ0v) is 11.7. The molecule has 2 atom stereocenters. The first-order chi connectivity index (χ1) is 9.25. The summed E-state index contributed by atoms with van der Waals surface area (Å²) in [5.74, 6) is 0.714. The van der Waals surface area contributed by atoms with Crippen molar-refractivity contribution in [2.45, 2.75) is 38.8 Å². The second-order valence-corrected chi connectivity index (χ2v) is 5.60. The molecule has 2 aromatic rings. The van der Waals surface area contributed by atoms with Gasteiger partial charge in [-0.2, -0.15) is 0 Å². The first-order valence-electron chi connectivity index (χ1n) is 7.09. The molecule has 19 heavy (non-hydrogen) atoms. The first kappa shape index (κ1) is 12.4. The highest BCUT2D eigenvalue weighted by molar-refractivity contribution is 5.33. The van der Waals surface area contributed by atoms with Crippen LogP contribution in [-0.2, 0) is 6.54 Å². The van der Waals surface area contributed by atoms with Gasteiger partial charge in [-0.05, 0) is 42.5 Å². The second kappa shape index (κ2) is 5.18. The smallest absolute Gasteiger partial charge is 0.0211 e. The van der Waals surface area contributed by atoms with Gasteiger partial charge < -0.3 is 5.32 Å². The SMILES string of the molecule is Cc1cccc(CNC2CC2c2ccccc2)c1C. The third kappa shape index (κ3) is 2.71. The molecule has 1 fully saturated rings. The van der Waals surface area contributed by atoms with Crippen LogP contribution in [0.25, 0.3) is 0 Å². The lowest BCUT2D eigenvalue weighted by atomic mass is 10.0. The van der Waals surface area contributed by atoms with Crippen LogP contribution in [-0.4, -0.2) is 6.04 Å². The van der Waals surface area contributed by atoms with E-state index in [1.807, 2.05) is 0 Å². The molecule has 1 saturated carbocycles. The van der Waals surface area contributed by atoms with E-state index in [1.165, 1.54) is 28.7 Å². The summed E-state index contributed by atoms with van der Waals surface area (Å²) in [4.78, 5) is 0. The lowest BCUT2D eigenvalue weighted by Gasteiger charge is -2.09. The maximum Gasteiger partial charge on any atom is 0.0211 e. The summed E-state index contributed by atoms with van der Waals surface area (Å²) in [6.45, 7) is 5.39. The fourth-order valence-corrected chi connectivity index (χ4v) is 2.73. The quantitative estimate of drug-likeness (QED) is 0.867. The summed E-state index contributed by atoms with van der Waals surface area (Å²) < 4.78 is 0. The monoisotopic (exact) mass is 251 g/mol. The summed E-state index contributed by atoms with van der Waals surface area (Å²) in [7, 11) is 0. The number of benzene rings is 2. The average Bonchev–Trinajstić information content (AvgIpc) is 3.21. The molecule has 98 valence electrons. The minimum absolute atomic E-state index is 0.655. The molecule has 1 aliphatic carbocycles. The van der Waals surface area contributed by atoms with E-state index in [9.17, 15) is 0 Å². The highest BCUT2D eigenvalue weighted by Gasteiger charge is 2.37. The number of aryl methyl sites for hydroxylation is 1. The maximum atomic E-state index is 3.69. The Morgan fingerprint density at radius 1 is 1.00 bits per heavy atom. The van der Waals surface area contributed by atoms with Gasteiger partial charge in [-0.25, -0.2) is 0 Å². The van der Waals surface area contributed by atoms with Gasteiger partial charge >= 0.3 is 0 Å². The molecule has 1 heteroatoms. The van der Waals surface area contributed by atoms with Crippen molar-refractivity contribution in [3.05, 3.63) is 70.8 Å². The van der Waals surface area contributed by atoms with Crippen LogP contribution in [0.2, 0.25) is 0 Å². The Labute approximate surface area is 115 Å². The Bertz CT molecular complexity index is 559. The molecule has 2 unspecified atom stereocenters. The van der Waals surface area contributed by atoms with E-state index in [4.69, 9.17) is 0 Å². The Kier molecular flexibility index (Phi) is 3.39. The molecule has 2 aromatic carbocycles. The van der Waals surface area contributed by atoms with Crippen LogP contribution in [0, 0.1) is 13.8 Å². The van der Waals surface area contributed by atoms with Gasteiger partial charge in [0.2, 0.25) is 0 Å². The highest BCUT2D eigenvalue weighted by Crippen LogP contribution is 2.40. The molecule has 1 aliphatic rings. The minimum atomic E-state index is 0.655. The van der Waals surface area contributed by atoms with E-state index in [2.05, 4.69) is 67.7 Å². The van der Waals surface area contributed by atoms with E-state index < -0.39 is 0 Å². The molecular formula is C18H21N. The van der Waals surface area contributed by atoms with E-state index in [0.717, 1.165) is 6.54 Å². The molecule has 3 rings (SSSR count). The third-order valence-corrected chi connectivity index (χ3v) is 4.29. The van der Waals surface area contributed by atoms with E-state index in [0.29, 0.717) is 12.0 Å². The zero-order valence-electron chi connectivity index (χ0n) is 11.7. The Morgan fingerprint density at radius 2 is 1.79 bits per heavy atom. The Hall–Kier alpha value is -1.60. The van der Waals surface area contributed by atoms with Crippen molar-refractivity contribution in [2.75, 3.05) is 0 Å².